The van der Waals surface area contributed by atoms with Gasteiger partial charge in [-0.05, 0) is 62.1 Å². The minimum Gasteiger partial charge on any atom is -0.467 e. The number of amides is 1. The summed E-state index contributed by atoms with van der Waals surface area (Å²) >= 11 is 0. The minimum atomic E-state index is -1.70. The number of esters is 1. The molecule has 0 spiro atoms. The molecule has 4 rings (SSSR count). The molecular weight excluding hydrogens is 513 g/mol. The van der Waals surface area contributed by atoms with E-state index in [9.17, 15) is 34.4 Å². The molecule has 3 unspecified atom stereocenters. The lowest BCUT2D eigenvalue weighted by molar-refractivity contribution is -0.271. The van der Waals surface area contributed by atoms with Gasteiger partial charge in [0.1, 0.15) is 29.9 Å². The number of halogens is 1. The number of benzene rings is 2. The van der Waals surface area contributed by atoms with E-state index >= 15 is 0 Å². The highest BCUT2D eigenvalue weighted by Crippen LogP contribution is 2.45. The predicted octanol–water partition coefficient (Wildman–Crippen LogP) is 1.61. The van der Waals surface area contributed by atoms with E-state index < -0.39 is 42.8 Å². The number of aliphatic hydroxyl groups excluding tert-OH is 4. The van der Waals surface area contributed by atoms with Crippen LogP contribution >= 0.6 is 0 Å². The van der Waals surface area contributed by atoms with E-state index in [1.165, 1.54) is 24.3 Å². The van der Waals surface area contributed by atoms with Crippen LogP contribution in [0.1, 0.15) is 50.0 Å². The fourth-order valence-corrected chi connectivity index (χ4v) is 5.15. The summed E-state index contributed by atoms with van der Waals surface area (Å²) in [6.07, 6.45) is -8.06. The molecule has 2 aromatic carbocycles. The number of hydrogen-bond acceptors (Lipinski definition) is 9. The van der Waals surface area contributed by atoms with Crippen LogP contribution in [0.25, 0.3) is 0 Å². The summed E-state index contributed by atoms with van der Waals surface area (Å²) < 4.78 is 28.8. The molecule has 4 N–H and O–H groups in total. The Kier molecular flexibility index (Phi) is 8.87. The Balaban J connectivity index is 1.45. The fourth-order valence-electron chi connectivity index (χ4n) is 5.15. The molecule has 0 aromatic heterocycles. The summed E-state index contributed by atoms with van der Waals surface area (Å²) in [7, 11) is 1.10. The van der Waals surface area contributed by atoms with Crippen molar-refractivity contribution in [2.45, 2.75) is 75.6 Å². The second kappa shape index (κ2) is 12.0. The Morgan fingerprint density at radius 2 is 1.67 bits per heavy atom. The number of ether oxygens (including phenoxy) is 3. The lowest BCUT2D eigenvalue weighted by atomic mass is 9.78. The fraction of sp³-hybridized carbons (Fsp3) is 0.500. The summed E-state index contributed by atoms with van der Waals surface area (Å²) in [5.74, 6) is -1.41. The summed E-state index contributed by atoms with van der Waals surface area (Å²) in [6.45, 7) is 3.84. The van der Waals surface area contributed by atoms with Crippen LogP contribution in [-0.2, 0) is 19.1 Å². The highest BCUT2D eigenvalue weighted by atomic mass is 19.1. The minimum absolute atomic E-state index is 0.0123. The van der Waals surface area contributed by atoms with Crippen LogP contribution in [-0.4, -0.2) is 81.1 Å². The standard InChI is InChI=1S/C28H34FNO9/c1-14(2)30-21(19(26(30)35)12-13-20(31)15-4-8-17(29)9-5-15)16-6-10-18(11-7-16)38-28-24(34)22(32)23(33)25(39-28)27(36)37-3/h4-11,14,19-25,28,31-34H,12-13H2,1-3H3/t19?,20-,21+,22-,23?,24?,25-,28+/m0/s1. The Labute approximate surface area is 225 Å². The van der Waals surface area contributed by atoms with Crippen molar-refractivity contribution < 1.29 is 48.6 Å². The molecule has 2 aliphatic rings. The van der Waals surface area contributed by atoms with E-state index in [1.807, 2.05) is 13.8 Å². The molecule has 0 saturated carbocycles. The van der Waals surface area contributed by atoms with Crippen molar-refractivity contribution in [3.8, 4) is 5.75 Å². The van der Waals surface area contributed by atoms with Gasteiger partial charge in [-0.1, -0.05) is 24.3 Å². The van der Waals surface area contributed by atoms with E-state index in [-0.39, 0.29) is 35.5 Å². The van der Waals surface area contributed by atoms with Gasteiger partial charge in [-0.25, -0.2) is 9.18 Å². The zero-order chi connectivity index (χ0) is 28.4. The topological polar surface area (TPSA) is 146 Å². The monoisotopic (exact) mass is 547 g/mol. The van der Waals surface area contributed by atoms with E-state index in [0.29, 0.717) is 18.4 Å². The molecule has 2 aliphatic heterocycles. The Morgan fingerprint density at radius 3 is 2.26 bits per heavy atom. The Hall–Kier alpha value is -3.09. The molecule has 2 saturated heterocycles. The molecule has 0 radical (unpaired) electrons. The third-order valence-corrected chi connectivity index (χ3v) is 7.29. The van der Waals surface area contributed by atoms with E-state index in [0.717, 1.165) is 12.7 Å². The van der Waals surface area contributed by atoms with Crippen molar-refractivity contribution >= 4 is 11.9 Å². The molecular formula is C28H34FNO9. The van der Waals surface area contributed by atoms with Crippen molar-refractivity contribution in [1.82, 2.24) is 4.90 Å². The van der Waals surface area contributed by atoms with Gasteiger partial charge in [0.25, 0.3) is 0 Å². The van der Waals surface area contributed by atoms with Gasteiger partial charge in [0.05, 0.1) is 25.2 Å². The maximum Gasteiger partial charge on any atom is 0.337 e. The second-order valence-electron chi connectivity index (χ2n) is 10.1. The third-order valence-electron chi connectivity index (χ3n) is 7.29. The van der Waals surface area contributed by atoms with Gasteiger partial charge in [-0.2, -0.15) is 0 Å². The first-order chi connectivity index (χ1) is 18.5. The van der Waals surface area contributed by atoms with Crippen LogP contribution in [0.4, 0.5) is 4.39 Å². The normalized spacial score (nSPS) is 29.6. The summed E-state index contributed by atoms with van der Waals surface area (Å²) in [5.41, 5.74) is 1.42. The highest BCUT2D eigenvalue weighted by molar-refractivity contribution is 5.87. The van der Waals surface area contributed by atoms with Gasteiger partial charge in [0.2, 0.25) is 12.2 Å². The van der Waals surface area contributed by atoms with Gasteiger partial charge in [0, 0.05) is 6.04 Å². The third kappa shape index (κ3) is 5.92. The zero-order valence-electron chi connectivity index (χ0n) is 21.9. The first kappa shape index (κ1) is 28.9. The van der Waals surface area contributed by atoms with Crippen LogP contribution in [0.5, 0.6) is 5.75 Å². The van der Waals surface area contributed by atoms with Gasteiger partial charge >= 0.3 is 5.97 Å². The van der Waals surface area contributed by atoms with Crippen LogP contribution in [0, 0.1) is 11.7 Å². The second-order valence-corrected chi connectivity index (χ2v) is 10.1. The first-order valence-electron chi connectivity index (χ1n) is 12.8. The van der Waals surface area contributed by atoms with Crippen LogP contribution in [0.15, 0.2) is 48.5 Å². The zero-order valence-corrected chi connectivity index (χ0v) is 21.9. The Morgan fingerprint density at radius 1 is 1.03 bits per heavy atom. The number of likely N-dealkylation sites (tertiary alicyclic amines) is 1. The van der Waals surface area contributed by atoms with Crippen LogP contribution in [0.2, 0.25) is 0 Å². The van der Waals surface area contributed by atoms with Crippen molar-refractivity contribution in [3.05, 3.63) is 65.5 Å². The van der Waals surface area contributed by atoms with E-state index in [2.05, 4.69) is 4.74 Å². The first-order valence-corrected chi connectivity index (χ1v) is 12.8. The molecule has 0 aliphatic carbocycles. The van der Waals surface area contributed by atoms with Crippen molar-refractivity contribution in [3.63, 3.8) is 0 Å². The molecule has 8 atom stereocenters. The number of aliphatic hydroxyl groups is 4. The molecule has 212 valence electrons. The predicted molar refractivity (Wildman–Crippen MR) is 135 cm³/mol. The number of carbonyl (C=O) groups is 2. The molecule has 10 nitrogen and oxygen atoms in total. The SMILES string of the molecule is COC(=O)[C@H]1O[C@@H](Oc2ccc([C@@H]3C(CC[C@H](O)c4ccc(F)cc4)C(=O)N3C(C)C)cc2)C(O)[C@@H](O)C1O. The number of rotatable bonds is 9. The molecule has 39 heavy (non-hydrogen) atoms. The molecule has 2 heterocycles. The van der Waals surface area contributed by atoms with Crippen LogP contribution in [0.3, 0.4) is 0 Å². The number of nitrogens with zero attached hydrogens (tertiary/aromatic N) is 1. The maximum atomic E-state index is 13.2. The smallest absolute Gasteiger partial charge is 0.337 e. The molecule has 1 amide bonds. The van der Waals surface area contributed by atoms with E-state index in [1.54, 1.807) is 29.2 Å². The van der Waals surface area contributed by atoms with Crippen molar-refractivity contribution in [1.29, 1.82) is 0 Å². The largest absolute Gasteiger partial charge is 0.467 e. The summed E-state index contributed by atoms with van der Waals surface area (Å²) in [4.78, 5) is 26.6. The quantitative estimate of drug-likeness (QED) is 0.272. The summed E-state index contributed by atoms with van der Waals surface area (Å²) in [6, 6.07) is 12.1. The lowest BCUT2D eigenvalue weighted by Gasteiger charge is -2.50. The van der Waals surface area contributed by atoms with Gasteiger partial charge < -0.3 is 39.5 Å². The van der Waals surface area contributed by atoms with E-state index in [4.69, 9.17) is 9.47 Å². The molecule has 2 aromatic rings. The Bertz CT molecular complexity index is 1140. The number of hydrogen-bond donors (Lipinski definition) is 4. The summed E-state index contributed by atoms with van der Waals surface area (Å²) in [5, 5.41) is 41.0. The average Bonchev–Trinajstić information content (AvgIpc) is 2.92. The number of methoxy groups -OCH3 is 1. The highest BCUT2D eigenvalue weighted by Gasteiger charge is 2.50. The van der Waals surface area contributed by atoms with Gasteiger partial charge in [0.15, 0.2) is 6.10 Å². The van der Waals surface area contributed by atoms with Gasteiger partial charge in [-0.3, -0.25) is 4.79 Å². The van der Waals surface area contributed by atoms with Gasteiger partial charge in [-0.15, -0.1) is 0 Å². The van der Waals surface area contributed by atoms with Crippen LogP contribution < -0.4 is 4.74 Å². The number of β-lactam (4-membered cyclic amide) rings is 1. The average molecular weight is 548 g/mol. The molecule has 11 heteroatoms. The maximum absolute atomic E-state index is 13.2. The molecule has 2 fully saturated rings. The van der Waals surface area contributed by atoms with Crippen molar-refractivity contribution in [2.24, 2.45) is 5.92 Å². The number of carbonyl (C=O) groups excluding carboxylic acids is 2. The van der Waals surface area contributed by atoms with Crippen molar-refractivity contribution in [2.75, 3.05) is 7.11 Å². The molecule has 0 bridgehead atoms. The lowest BCUT2D eigenvalue weighted by Crippen LogP contribution is -2.61.